The Kier molecular flexibility index (Phi) is 8.00. The van der Waals surface area contributed by atoms with E-state index in [9.17, 15) is 18.4 Å². The molecule has 0 saturated heterocycles. The highest BCUT2D eigenvalue weighted by Gasteiger charge is 2.24. The van der Waals surface area contributed by atoms with Crippen molar-refractivity contribution in [3.63, 3.8) is 0 Å². The predicted molar refractivity (Wildman–Crippen MR) is 122 cm³/mol. The SMILES string of the molecule is CC(C)(C)NC(=O)OCC1CCC(CNC(=O)c2ccnc(-c3ccc(F)c(F)c3)c2)CC1. The third-order valence-electron chi connectivity index (χ3n) is 5.68. The molecule has 0 unspecified atom stereocenters. The van der Waals surface area contributed by atoms with Gasteiger partial charge in [0.05, 0.1) is 12.3 Å². The monoisotopic (exact) mass is 459 g/mol. The Morgan fingerprint density at radius 2 is 1.73 bits per heavy atom. The van der Waals surface area contributed by atoms with Crippen molar-refractivity contribution in [2.45, 2.75) is 52.0 Å². The molecule has 2 amide bonds. The van der Waals surface area contributed by atoms with E-state index in [2.05, 4.69) is 15.6 Å². The van der Waals surface area contributed by atoms with Crippen molar-refractivity contribution in [2.24, 2.45) is 11.8 Å². The lowest BCUT2D eigenvalue weighted by Crippen LogP contribution is -2.41. The summed E-state index contributed by atoms with van der Waals surface area (Å²) in [7, 11) is 0. The Morgan fingerprint density at radius 1 is 1.03 bits per heavy atom. The highest BCUT2D eigenvalue weighted by Crippen LogP contribution is 2.29. The molecular formula is C25H31F2N3O3. The summed E-state index contributed by atoms with van der Waals surface area (Å²) >= 11 is 0. The second-order valence-corrected chi connectivity index (χ2v) is 9.63. The van der Waals surface area contributed by atoms with Gasteiger partial charge in [-0.05, 0) is 88.6 Å². The van der Waals surface area contributed by atoms with Crippen molar-refractivity contribution < 1.29 is 23.1 Å². The number of carbonyl (C=O) groups is 2. The van der Waals surface area contributed by atoms with Crippen LogP contribution in [0.25, 0.3) is 11.3 Å². The minimum atomic E-state index is -0.958. The molecule has 1 fully saturated rings. The maximum Gasteiger partial charge on any atom is 0.407 e. The van der Waals surface area contributed by atoms with Gasteiger partial charge in [-0.1, -0.05) is 0 Å². The number of rotatable bonds is 6. The molecule has 0 bridgehead atoms. The summed E-state index contributed by atoms with van der Waals surface area (Å²) in [5, 5.41) is 5.75. The summed E-state index contributed by atoms with van der Waals surface area (Å²) in [5.41, 5.74) is 0.895. The molecule has 8 heteroatoms. The summed E-state index contributed by atoms with van der Waals surface area (Å²) in [6.07, 6.45) is 4.87. The molecule has 0 aliphatic heterocycles. The van der Waals surface area contributed by atoms with Crippen molar-refractivity contribution in [2.75, 3.05) is 13.2 Å². The second kappa shape index (κ2) is 10.7. The number of halogens is 2. The van der Waals surface area contributed by atoms with Crippen molar-refractivity contribution in [3.8, 4) is 11.3 Å². The van der Waals surface area contributed by atoms with Crippen molar-refractivity contribution in [1.82, 2.24) is 15.6 Å². The fourth-order valence-corrected chi connectivity index (χ4v) is 3.86. The Hall–Kier alpha value is -3.03. The molecule has 1 aromatic carbocycles. The molecule has 0 spiro atoms. The van der Waals surface area contributed by atoms with Gasteiger partial charge >= 0.3 is 6.09 Å². The average molecular weight is 460 g/mol. The number of carbonyl (C=O) groups excluding carboxylic acids is 2. The lowest BCUT2D eigenvalue weighted by Gasteiger charge is -2.29. The first kappa shape index (κ1) is 24.6. The second-order valence-electron chi connectivity index (χ2n) is 9.63. The smallest absolute Gasteiger partial charge is 0.407 e. The van der Waals surface area contributed by atoms with E-state index < -0.39 is 17.7 Å². The topological polar surface area (TPSA) is 80.3 Å². The number of benzene rings is 1. The number of amides is 2. The first-order valence-electron chi connectivity index (χ1n) is 11.3. The molecule has 1 aromatic heterocycles. The molecular weight excluding hydrogens is 428 g/mol. The van der Waals surface area contributed by atoms with Gasteiger partial charge in [-0.3, -0.25) is 9.78 Å². The number of hydrogen-bond donors (Lipinski definition) is 2. The van der Waals surface area contributed by atoms with Crippen LogP contribution in [0.2, 0.25) is 0 Å². The predicted octanol–water partition coefficient (Wildman–Crippen LogP) is 5.09. The van der Waals surface area contributed by atoms with Gasteiger partial charge in [-0.25, -0.2) is 13.6 Å². The van der Waals surface area contributed by atoms with Crippen LogP contribution in [0, 0.1) is 23.5 Å². The van der Waals surface area contributed by atoms with Crippen molar-refractivity contribution >= 4 is 12.0 Å². The van der Waals surface area contributed by atoms with Crippen LogP contribution in [0.1, 0.15) is 56.8 Å². The minimum absolute atomic E-state index is 0.231. The van der Waals surface area contributed by atoms with Crippen LogP contribution in [0.5, 0.6) is 0 Å². The third-order valence-corrected chi connectivity index (χ3v) is 5.68. The Morgan fingerprint density at radius 3 is 2.39 bits per heavy atom. The molecule has 1 saturated carbocycles. The standard InChI is InChI=1S/C25H31F2N3O3/c1-25(2,3)30-24(32)33-15-17-6-4-16(5-7-17)14-29-23(31)19-10-11-28-22(13-19)18-8-9-20(26)21(27)12-18/h8-13,16-17H,4-7,14-15H2,1-3H3,(H,29,31)(H,30,32). The zero-order chi connectivity index (χ0) is 24.0. The molecule has 33 heavy (non-hydrogen) atoms. The lowest BCUT2D eigenvalue weighted by atomic mass is 9.82. The lowest BCUT2D eigenvalue weighted by molar-refractivity contribution is 0.0915. The molecule has 6 nitrogen and oxygen atoms in total. The fraction of sp³-hybridized carbons (Fsp3) is 0.480. The van der Waals surface area contributed by atoms with Crippen LogP contribution >= 0.6 is 0 Å². The Bertz CT molecular complexity index is 983. The summed E-state index contributed by atoms with van der Waals surface area (Å²) in [6, 6.07) is 6.69. The van der Waals surface area contributed by atoms with Gasteiger partial charge in [-0.2, -0.15) is 0 Å². The maximum atomic E-state index is 13.5. The van der Waals surface area contributed by atoms with Crippen LogP contribution in [0.15, 0.2) is 36.5 Å². The van der Waals surface area contributed by atoms with E-state index in [0.29, 0.717) is 41.8 Å². The summed E-state index contributed by atoms with van der Waals surface area (Å²) < 4.78 is 32.0. The van der Waals surface area contributed by atoms with E-state index in [1.165, 1.54) is 12.3 Å². The Labute approximate surface area is 193 Å². The van der Waals surface area contributed by atoms with Gasteiger partial charge in [0.15, 0.2) is 11.6 Å². The largest absolute Gasteiger partial charge is 0.449 e. The average Bonchev–Trinajstić information content (AvgIpc) is 2.77. The van der Waals surface area contributed by atoms with Gasteiger partial charge in [0.25, 0.3) is 5.91 Å². The van der Waals surface area contributed by atoms with Gasteiger partial charge < -0.3 is 15.4 Å². The maximum absolute atomic E-state index is 13.5. The zero-order valence-electron chi connectivity index (χ0n) is 19.3. The van der Waals surface area contributed by atoms with E-state index in [0.717, 1.165) is 37.8 Å². The van der Waals surface area contributed by atoms with E-state index in [1.54, 1.807) is 12.1 Å². The minimum Gasteiger partial charge on any atom is -0.449 e. The van der Waals surface area contributed by atoms with E-state index in [4.69, 9.17) is 4.74 Å². The molecule has 178 valence electrons. The molecule has 2 aromatic rings. The van der Waals surface area contributed by atoms with Gasteiger partial charge in [0.2, 0.25) is 0 Å². The Balaban J connectivity index is 1.44. The van der Waals surface area contributed by atoms with E-state index in [1.807, 2.05) is 20.8 Å². The van der Waals surface area contributed by atoms with Crippen LogP contribution in [0.3, 0.4) is 0 Å². The normalized spacial score (nSPS) is 18.5. The summed E-state index contributed by atoms with van der Waals surface area (Å²) in [4.78, 5) is 28.6. The number of nitrogens with zero attached hydrogens (tertiary/aromatic N) is 1. The van der Waals surface area contributed by atoms with Gasteiger partial charge in [0, 0.05) is 29.4 Å². The molecule has 0 radical (unpaired) electrons. The number of aromatic nitrogens is 1. The number of ether oxygens (including phenoxy) is 1. The van der Waals surface area contributed by atoms with Crippen molar-refractivity contribution in [1.29, 1.82) is 0 Å². The first-order chi connectivity index (χ1) is 15.6. The van der Waals surface area contributed by atoms with Crippen molar-refractivity contribution in [3.05, 3.63) is 53.7 Å². The molecule has 1 aliphatic carbocycles. The molecule has 1 heterocycles. The number of alkyl carbamates (subject to hydrolysis) is 1. The third kappa shape index (κ3) is 7.51. The van der Waals surface area contributed by atoms with Gasteiger partial charge in [-0.15, -0.1) is 0 Å². The van der Waals surface area contributed by atoms with Crippen LogP contribution in [-0.2, 0) is 4.74 Å². The van der Waals surface area contributed by atoms with Gasteiger partial charge in [0.1, 0.15) is 0 Å². The first-order valence-corrected chi connectivity index (χ1v) is 11.3. The van der Waals surface area contributed by atoms with E-state index in [-0.39, 0.29) is 11.4 Å². The molecule has 0 atom stereocenters. The van der Waals surface area contributed by atoms with Crippen LogP contribution in [-0.4, -0.2) is 35.7 Å². The quantitative estimate of drug-likeness (QED) is 0.631. The molecule has 3 rings (SSSR count). The number of hydrogen-bond acceptors (Lipinski definition) is 4. The zero-order valence-corrected chi connectivity index (χ0v) is 19.3. The highest BCUT2D eigenvalue weighted by atomic mass is 19.2. The summed E-state index contributed by atoms with van der Waals surface area (Å²) in [6.45, 7) is 6.68. The molecule has 1 aliphatic rings. The number of nitrogens with one attached hydrogen (secondary N) is 2. The summed E-state index contributed by atoms with van der Waals surface area (Å²) in [5.74, 6) is -1.42. The van der Waals surface area contributed by atoms with Crippen LogP contribution < -0.4 is 10.6 Å². The van der Waals surface area contributed by atoms with Crippen LogP contribution in [0.4, 0.5) is 13.6 Å². The number of pyridine rings is 1. The highest BCUT2D eigenvalue weighted by molar-refractivity contribution is 5.95. The van der Waals surface area contributed by atoms with E-state index >= 15 is 0 Å². The molecule has 2 N–H and O–H groups in total. The fourth-order valence-electron chi connectivity index (χ4n) is 3.86.